The van der Waals surface area contributed by atoms with E-state index in [4.69, 9.17) is 0 Å². The van der Waals surface area contributed by atoms with Gasteiger partial charge in [-0.3, -0.25) is 9.59 Å². The molecule has 2 amide bonds. The molecular weight excluding hydrogens is 314 g/mol. The Morgan fingerprint density at radius 1 is 1.35 bits per heavy atom. The van der Waals surface area contributed by atoms with Crippen molar-refractivity contribution in [3.05, 3.63) is 5.82 Å². The molecule has 1 aliphatic carbocycles. The molecule has 128 valence electrons. The predicted molar refractivity (Wildman–Crippen MR) is 89.3 cm³/mol. The van der Waals surface area contributed by atoms with Crippen LogP contribution in [0.1, 0.15) is 44.9 Å². The maximum absolute atomic E-state index is 12.1. The fourth-order valence-electron chi connectivity index (χ4n) is 2.21. The summed E-state index contributed by atoms with van der Waals surface area (Å²) in [5.41, 5.74) is 0. The molecule has 1 aromatic rings. The van der Waals surface area contributed by atoms with Crippen molar-refractivity contribution in [1.29, 1.82) is 0 Å². The van der Waals surface area contributed by atoms with Crippen molar-refractivity contribution in [2.24, 2.45) is 0 Å². The third kappa shape index (κ3) is 4.95. The summed E-state index contributed by atoms with van der Waals surface area (Å²) in [7, 11) is 1.65. The zero-order chi connectivity index (χ0) is 16.8. The summed E-state index contributed by atoms with van der Waals surface area (Å²) >= 11 is 1.39. The normalized spacial score (nSPS) is 13.9. The Morgan fingerprint density at radius 3 is 2.70 bits per heavy atom. The van der Waals surface area contributed by atoms with Gasteiger partial charge in [-0.2, -0.15) is 0 Å². The van der Waals surface area contributed by atoms with Gasteiger partial charge in [-0.15, -0.1) is 10.2 Å². The highest BCUT2D eigenvalue weighted by molar-refractivity contribution is 7.99. The predicted octanol–water partition coefficient (Wildman–Crippen LogP) is 1.25. The number of rotatable bonds is 9. The van der Waals surface area contributed by atoms with Crippen molar-refractivity contribution >= 4 is 23.6 Å². The first-order valence-corrected chi connectivity index (χ1v) is 9.11. The largest absolute Gasteiger partial charge is 0.355 e. The lowest BCUT2D eigenvalue weighted by molar-refractivity contribution is -0.132. The van der Waals surface area contributed by atoms with E-state index in [0.29, 0.717) is 12.5 Å². The second kappa shape index (κ2) is 8.33. The Balaban J connectivity index is 1.83. The van der Waals surface area contributed by atoms with Crippen molar-refractivity contribution in [3.63, 3.8) is 0 Å². The van der Waals surface area contributed by atoms with E-state index >= 15 is 0 Å². The third-order valence-electron chi connectivity index (χ3n) is 3.71. The lowest BCUT2D eigenvalue weighted by Gasteiger charge is -2.16. The number of nitrogens with zero attached hydrogens (tertiary/aromatic N) is 4. The molecule has 1 heterocycles. The van der Waals surface area contributed by atoms with Gasteiger partial charge in [-0.25, -0.2) is 0 Å². The van der Waals surface area contributed by atoms with Gasteiger partial charge in [0.15, 0.2) is 5.16 Å². The molecule has 0 saturated heterocycles. The van der Waals surface area contributed by atoms with E-state index in [1.165, 1.54) is 29.5 Å². The SMILES string of the molecule is CCCNC(=O)CN(C)C(=O)CSc1nnc(C2CC2)n1CC. The van der Waals surface area contributed by atoms with Crippen molar-refractivity contribution in [2.75, 3.05) is 25.9 Å². The molecule has 1 aromatic heterocycles. The highest BCUT2D eigenvalue weighted by atomic mass is 32.2. The van der Waals surface area contributed by atoms with Crippen molar-refractivity contribution in [3.8, 4) is 0 Å². The third-order valence-corrected chi connectivity index (χ3v) is 4.66. The van der Waals surface area contributed by atoms with Crippen LogP contribution in [0.25, 0.3) is 0 Å². The first-order chi connectivity index (χ1) is 11.1. The molecule has 0 aliphatic heterocycles. The standard InChI is InChI=1S/C15H25N5O2S/c1-4-8-16-12(21)9-19(3)13(22)10-23-15-18-17-14(11-6-7-11)20(15)5-2/h11H,4-10H2,1-3H3,(H,16,21). The van der Waals surface area contributed by atoms with Crippen LogP contribution < -0.4 is 5.32 Å². The summed E-state index contributed by atoms with van der Waals surface area (Å²) in [5, 5.41) is 12.0. The molecule has 7 nitrogen and oxygen atoms in total. The van der Waals surface area contributed by atoms with Gasteiger partial charge in [-0.1, -0.05) is 18.7 Å². The topological polar surface area (TPSA) is 80.1 Å². The Bertz CT molecular complexity index is 556. The van der Waals surface area contributed by atoms with Gasteiger partial charge in [0.2, 0.25) is 11.8 Å². The van der Waals surface area contributed by atoms with E-state index in [1.54, 1.807) is 7.05 Å². The Labute approximate surface area is 141 Å². The summed E-state index contributed by atoms with van der Waals surface area (Å²) in [6.45, 7) is 5.59. The van der Waals surface area contributed by atoms with Crippen LogP contribution in [-0.4, -0.2) is 57.4 Å². The maximum Gasteiger partial charge on any atom is 0.239 e. The molecule has 1 N–H and O–H groups in total. The Morgan fingerprint density at radius 2 is 2.09 bits per heavy atom. The molecular formula is C15H25N5O2S. The smallest absolute Gasteiger partial charge is 0.239 e. The number of hydrogen-bond acceptors (Lipinski definition) is 5. The molecule has 23 heavy (non-hydrogen) atoms. The van der Waals surface area contributed by atoms with E-state index in [2.05, 4.69) is 27.0 Å². The second-order valence-electron chi connectivity index (χ2n) is 5.75. The van der Waals surface area contributed by atoms with Gasteiger partial charge in [0.25, 0.3) is 0 Å². The molecule has 1 aliphatic rings. The summed E-state index contributed by atoms with van der Waals surface area (Å²) in [5.74, 6) is 1.63. The van der Waals surface area contributed by atoms with Crippen molar-refractivity contribution in [2.45, 2.75) is 50.7 Å². The van der Waals surface area contributed by atoms with Crippen LogP contribution in [0.5, 0.6) is 0 Å². The highest BCUT2D eigenvalue weighted by Gasteiger charge is 2.30. The van der Waals surface area contributed by atoms with E-state index < -0.39 is 0 Å². The molecule has 0 bridgehead atoms. The summed E-state index contributed by atoms with van der Waals surface area (Å²) < 4.78 is 2.09. The minimum atomic E-state index is -0.125. The highest BCUT2D eigenvalue weighted by Crippen LogP contribution is 2.39. The van der Waals surface area contributed by atoms with Gasteiger partial charge >= 0.3 is 0 Å². The molecule has 0 atom stereocenters. The van der Waals surface area contributed by atoms with E-state index in [9.17, 15) is 9.59 Å². The van der Waals surface area contributed by atoms with Crippen LogP contribution in [0.15, 0.2) is 5.16 Å². The van der Waals surface area contributed by atoms with Gasteiger partial charge < -0.3 is 14.8 Å². The lowest BCUT2D eigenvalue weighted by atomic mass is 10.4. The lowest BCUT2D eigenvalue weighted by Crippen LogP contribution is -2.39. The zero-order valence-corrected chi connectivity index (χ0v) is 14.9. The van der Waals surface area contributed by atoms with Gasteiger partial charge in [0.1, 0.15) is 5.82 Å². The number of nitrogens with one attached hydrogen (secondary N) is 1. The number of carbonyl (C=O) groups is 2. The molecule has 0 unspecified atom stereocenters. The number of carbonyl (C=O) groups excluding carboxylic acids is 2. The minimum absolute atomic E-state index is 0.0831. The molecule has 0 aromatic carbocycles. The van der Waals surface area contributed by atoms with Crippen LogP contribution in [0.4, 0.5) is 0 Å². The average molecular weight is 339 g/mol. The zero-order valence-electron chi connectivity index (χ0n) is 14.0. The van der Waals surface area contributed by atoms with Crippen LogP contribution in [-0.2, 0) is 16.1 Å². The molecule has 0 radical (unpaired) electrons. The summed E-state index contributed by atoms with van der Waals surface area (Å²) in [6, 6.07) is 0. The fourth-order valence-corrected chi connectivity index (χ4v) is 3.16. The van der Waals surface area contributed by atoms with Gasteiger partial charge in [-0.05, 0) is 26.2 Å². The number of amides is 2. The second-order valence-corrected chi connectivity index (χ2v) is 6.69. The molecule has 8 heteroatoms. The fraction of sp³-hybridized carbons (Fsp3) is 0.733. The monoisotopic (exact) mass is 339 g/mol. The Hall–Kier alpha value is -1.57. The van der Waals surface area contributed by atoms with E-state index in [-0.39, 0.29) is 24.1 Å². The summed E-state index contributed by atoms with van der Waals surface area (Å²) in [6.07, 6.45) is 3.24. The molecule has 1 saturated carbocycles. The first-order valence-electron chi connectivity index (χ1n) is 8.13. The molecule has 2 rings (SSSR count). The van der Waals surface area contributed by atoms with Crippen LogP contribution in [0.2, 0.25) is 0 Å². The van der Waals surface area contributed by atoms with Crippen LogP contribution in [0.3, 0.4) is 0 Å². The average Bonchev–Trinajstić information content (AvgIpc) is 3.30. The van der Waals surface area contributed by atoms with Gasteiger partial charge in [0, 0.05) is 26.1 Å². The van der Waals surface area contributed by atoms with Crippen LogP contribution in [0, 0.1) is 0 Å². The quantitative estimate of drug-likeness (QED) is 0.685. The molecule has 0 spiro atoms. The number of hydrogen-bond donors (Lipinski definition) is 1. The number of likely N-dealkylation sites (N-methyl/N-ethyl adjacent to an activating group) is 1. The van der Waals surface area contributed by atoms with Crippen molar-refractivity contribution in [1.82, 2.24) is 25.0 Å². The Kier molecular flexibility index (Phi) is 6.44. The van der Waals surface area contributed by atoms with Gasteiger partial charge in [0.05, 0.1) is 12.3 Å². The number of aromatic nitrogens is 3. The van der Waals surface area contributed by atoms with Crippen LogP contribution >= 0.6 is 11.8 Å². The minimum Gasteiger partial charge on any atom is -0.355 e. The maximum atomic E-state index is 12.1. The number of thioether (sulfide) groups is 1. The van der Waals surface area contributed by atoms with Crippen molar-refractivity contribution < 1.29 is 9.59 Å². The van der Waals surface area contributed by atoms with E-state index in [1.807, 2.05) is 6.92 Å². The van der Waals surface area contributed by atoms with E-state index in [0.717, 1.165) is 23.9 Å². The molecule has 1 fully saturated rings. The summed E-state index contributed by atoms with van der Waals surface area (Å²) in [4.78, 5) is 25.2. The first kappa shape index (κ1) is 17.8.